The van der Waals surface area contributed by atoms with E-state index in [-0.39, 0.29) is 45.4 Å². The van der Waals surface area contributed by atoms with Crippen molar-refractivity contribution in [1.29, 1.82) is 0 Å². The Balaban J connectivity index is 1.89. The summed E-state index contributed by atoms with van der Waals surface area (Å²) in [5.74, 6) is 1.25. The van der Waals surface area contributed by atoms with Crippen molar-refractivity contribution in [3.8, 4) is 11.5 Å². The molecule has 0 aromatic heterocycles. The van der Waals surface area contributed by atoms with Gasteiger partial charge in [0.25, 0.3) is 0 Å². The van der Waals surface area contributed by atoms with Gasteiger partial charge in [-0.1, -0.05) is 44.0 Å². The number of carbonyl (C=O) groups excluding carboxylic acids is 3. The minimum Gasteiger partial charge on any atom is -0.506 e. The van der Waals surface area contributed by atoms with Gasteiger partial charge in [-0.25, -0.2) is 9.59 Å². The number of hydrogen-bond acceptors (Lipinski definition) is 7. The highest BCUT2D eigenvalue weighted by Gasteiger charge is 2.63. The summed E-state index contributed by atoms with van der Waals surface area (Å²) in [4.78, 5) is 38.2. The molecule has 39 heavy (non-hydrogen) atoms. The standard InChI is InChI=1S/C30H33Cl2NO6/c1-17(35)39-26-15-21(6-7-22(26)28(37)38-5)33(16-18-12-20(31)14-24(32)27(18)36)25(9-11-34)23-13-19-8-10-30(23,4)29(19,2)3/h6-7,9,12,14-15,19,23,25,36H,8,10,13,16H2,1-5H3. The lowest BCUT2D eigenvalue weighted by Crippen LogP contribution is -2.46. The predicted molar refractivity (Wildman–Crippen MR) is 150 cm³/mol. The lowest BCUT2D eigenvalue weighted by atomic mass is 9.64. The summed E-state index contributed by atoms with van der Waals surface area (Å²) < 4.78 is 10.3. The van der Waals surface area contributed by atoms with Crippen LogP contribution < -0.4 is 9.64 Å². The molecule has 2 saturated carbocycles. The molecule has 9 heteroatoms. The number of hydrogen-bond donors (Lipinski definition) is 1. The van der Waals surface area contributed by atoms with Gasteiger partial charge in [-0.15, -0.1) is 0 Å². The molecular formula is C30H33Cl2NO6. The van der Waals surface area contributed by atoms with Gasteiger partial charge < -0.3 is 19.5 Å². The lowest BCUT2D eigenvalue weighted by molar-refractivity contribution is -0.131. The zero-order valence-corrected chi connectivity index (χ0v) is 24.2. The van der Waals surface area contributed by atoms with E-state index in [1.54, 1.807) is 18.2 Å². The first-order chi connectivity index (χ1) is 18.3. The molecule has 0 radical (unpaired) electrons. The number of phenols is 1. The summed E-state index contributed by atoms with van der Waals surface area (Å²) in [6.07, 6.45) is 4.60. The molecule has 0 heterocycles. The molecule has 0 saturated heterocycles. The number of carbonyl (C=O) groups is 2. The third-order valence-corrected chi connectivity index (χ3v) is 9.78. The van der Waals surface area contributed by atoms with E-state index in [1.165, 1.54) is 32.2 Å². The summed E-state index contributed by atoms with van der Waals surface area (Å²) in [5.41, 5.74) is 1.11. The van der Waals surface area contributed by atoms with Gasteiger partial charge in [-0.2, -0.15) is 0 Å². The monoisotopic (exact) mass is 573 g/mol. The molecule has 2 aliphatic rings. The van der Waals surface area contributed by atoms with Crippen LogP contribution in [0.15, 0.2) is 36.4 Å². The molecule has 2 aliphatic carbocycles. The van der Waals surface area contributed by atoms with Crippen LogP contribution in [0.5, 0.6) is 11.5 Å². The Kier molecular flexibility index (Phi) is 8.09. The van der Waals surface area contributed by atoms with Crippen LogP contribution >= 0.6 is 23.2 Å². The number of benzene rings is 2. The maximum Gasteiger partial charge on any atom is 0.341 e. The normalized spacial score (nSPS) is 23.6. The second kappa shape index (κ2) is 10.9. The fraction of sp³-hybridized carbons (Fsp3) is 0.467. The van der Waals surface area contributed by atoms with Crippen molar-refractivity contribution in [2.24, 2.45) is 22.7 Å². The quantitative estimate of drug-likeness (QED) is 0.215. The van der Waals surface area contributed by atoms with Crippen LogP contribution in [0.2, 0.25) is 10.0 Å². The molecule has 4 atom stereocenters. The van der Waals surface area contributed by atoms with E-state index in [2.05, 4.69) is 20.8 Å². The Morgan fingerprint density at radius 3 is 2.51 bits per heavy atom. The summed E-state index contributed by atoms with van der Waals surface area (Å²) in [6.45, 7) is 8.25. The molecule has 2 aromatic carbocycles. The molecule has 1 N–H and O–H groups in total. The van der Waals surface area contributed by atoms with Gasteiger partial charge in [0.2, 0.25) is 0 Å². The number of methoxy groups -OCH3 is 1. The van der Waals surface area contributed by atoms with Crippen molar-refractivity contribution >= 4 is 46.8 Å². The van der Waals surface area contributed by atoms with Crippen LogP contribution in [0.3, 0.4) is 0 Å². The van der Waals surface area contributed by atoms with E-state index in [1.807, 2.05) is 10.8 Å². The van der Waals surface area contributed by atoms with Gasteiger partial charge in [-0.3, -0.25) is 4.79 Å². The van der Waals surface area contributed by atoms with Crippen LogP contribution in [-0.2, 0) is 20.9 Å². The van der Waals surface area contributed by atoms with Crippen LogP contribution in [0.1, 0.15) is 62.9 Å². The van der Waals surface area contributed by atoms with Gasteiger partial charge in [0, 0.05) is 41.9 Å². The average Bonchev–Trinajstić information content (AvgIpc) is 3.21. The van der Waals surface area contributed by atoms with E-state index in [4.69, 9.17) is 32.7 Å². The number of aromatic hydroxyl groups is 1. The van der Waals surface area contributed by atoms with Gasteiger partial charge in [0.1, 0.15) is 23.0 Å². The first-order valence-corrected chi connectivity index (χ1v) is 13.6. The number of esters is 2. The van der Waals surface area contributed by atoms with Gasteiger partial charge in [0.05, 0.1) is 18.2 Å². The number of phenolic OH excluding ortho intramolecular Hbond substituents is 1. The topological polar surface area (TPSA) is 93.1 Å². The van der Waals surface area contributed by atoms with E-state index < -0.39 is 18.0 Å². The van der Waals surface area contributed by atoms with Gasteiger partial charge >= 0.3 is 11.9 Å². The van der Waals surface area contributed by atoms with Crippen molar-refractivity contribution in [2.75, 3.05) is 12.0 Å². The average molecular weight is 575 g/mol. The molecule has 2 fully saturated rings. The number of halogens is 2. The number of rotatable bonds is 8. The highest BCUT2D eigenvalue weighted by Crippen LogP contribution is 2.69. The Bertz CT molecular complexity index is 1350. The Morgan fingerprint density at radius 2 is 1.95 bits per heavy atom. The maximum absolute atomic E-state index is 12.4. The van der Waals surface area contributed by atoms with Crippen molar-refractivity contribution in [3.63, 3.8) is 0 Å². The molecule has 208 valence electrons. The number of anilines is 1. The zero-order chi connectivity index (χ0) is 28.7. The van der Waals surface area contributed by atoms with Crippen molar-refractivity contribution < 1.29 is 29.0 Å². The van der Waals surface area contributed by atoms with Crippen LogP contribution in [0.25, 0.3) is 0 Å². The van der Waals surface area contributed by atoms with Crippen LogP contribution in [0.4, 0.5) is 5.69 Å². The fourth-order valence-electron chi connectivity index (χ4n) is 6.77. The van der Waals surface area contributed by atoms with E-state index in [0.717, 1.165) is 19.3 Å². The summed E-state index contributed by atoms with van der Waals surface area (Å²) in [6, 6.07) is 7.45. The third kappa shape index (κ3) is 5.16. The summed E-state index contributed by atoms with van der Waals surface area (Å²) >= 11 is 12.5. The fourth-order valence-corrected chi connectivity index (χ4v) is 7.31. The highest BCUT2D eigenvalue weighted by atomic mass is 35.5. The molecule has 2 aromatic rings. The zero-order valence-electron chi connectivity index (χ0n) is 22.7. The molecule has 0 amide bonds. The number of ether oxygens (including phenoxy) is 2. The van der Waals surface area contributed by atoms with E-state index in [0.29, 0.717) is 22.2 Å². The molecule has 4 rings (SSSR count). The first-order valence-electron chi connectivity index (χ1n) is 12.9. The molecule has 2 bridgehead atoms. The molecule has 4 unspecified atom stereocenters. The minimum absolute atomic E-state index is 0.0264. The predicted octanol–water partition coefficient (Wildman–Crippen LogP) is 6.64. The lowest BCUT2D eigenvalue weighted by Gasteiger charge is -2.46. The van der Waals surface area contributed by atoms with E-state index in [9.17, 15) is 19.5 Å². The van der Waals surface area contributed by atoms with Crippen LogP contribution in [-0.4, -0.2) is 36.1 Å². The molecular weight excluding hydrogens is 541 g/mol. The Morgan fingerprint density at radius 1 is 1.23 bits per heavy atom. The highest BCUT2D eigenvalue weighted by molar-refractivity contribution is 6.35. The number of fused-ring (bicyclic) bond motifs is 2. The number of nitrogens with zero attached hydrogens (tertiary/aromatic N) is 1. The van der Waals surface area contributed by atoms with Crippen molar-refractivity contribution in [1.82, 2.24) is 0 Å². The van der Waals surface area contributed by atoms with Gasteiger partial charge in [0.15, 0.2) is 0 Å². The van der Waals surface area contributed by atoms with Crippen molar-refractivity contribution in [2.45, 2.75) is 59.5 Å². The summed E-state index contributed by atoms with van der Waals surface area (Å²) in [5, 5.41) is 11.3. The first kappa shape index (κ1) is 29.0. The SMILES string of the molecule is COC(=O)c1ccc(N(Cc2cc(Cl)cc(Cl)c2O)C(C=C=O)C2CC3CCC2(C)C3(C)C)cc1OC(C)=O. The largest absolute Gasteiger partial charge is 0.506 e. The van der Waals surface area contributed by atoms with E-state index >= 15 is 0 Å². The minimum atomic E-state index is -0.657. The van der Waals surface area contributed by atoms with Crippen molar-refractivity contribution in [3.05, 3.63) is 57.6 Å². The Labute approximate surface area is 238 Å². The second-order valence-corrected chi connectivity index (χ2v) is 12.1. The molecule has 7 nitrogen and oxygen atoms in total. The third-order valence-electron chi connectivity index (χ3n) is 9.28. The maximum atomic E-state index is 12.4. The van der Waals surface area contributed by atoms with Gasteiger partial charge in [-0.05, 0) is 66.2 Å². The Hall–Kier alpha value is -2.99. The second-order valence-electron chi connectivity index (χ2n) is 11.3. The summed E-state index contributed by atoms with van der Waals surface area (Å²) in [7, 11) is 1.24. The molecule has 0 aliphatic heterocycles. The molecule has 0 spiro atoms. The van der Waals surface area contributed by atoms with Crippen LogP contribution in [0, 0.1) is 22.7 Å². The smallest absolute Gasteiger partial charge is 0.341 e.